The third-order valence-corrected chi connectivity index (χ3v) is 6.86. The Labute approximate surface area is 240 Å². The largest absolute Gasteiger partial charge is 0.507 e. The van der Waals surface area contributed by atoms with Gasteiger partial charge in [0.1, 0.15) is 17.2 Å². The van der Waals surface area contributed by atoms with E-state index in [0.717, 1.165) is 30.8 Å². The highest BCUT2D eigenvalue weighted by atomic mass is 16.5. The second-order valence-corrected chi connectivity index (χ2v) is 10.3. The highest BCUT2D eigenvalue weighted by molar-refractivity contribution is 5.85. The fraction of sp³-hybridized carbons (Fsp3) is 0.545. The molecule has 1 heterocycles. The molecule has 0 amide bonds. The summed E-state index contributed by atoms with van der Waals surface area (Å²) in [6, 6.07) is 13.0. The average molecular weight is 550 g/mol. The van der Waals surface area contributed by atoms with Crippen molar-refractivity contribution in [2.24, 2.45) is 4.99 Å². The SMILES string of the molecule is CCCCCCCCCCOc1ccc(-c2nnc(/N=C/c3ccc(OCCCCCCCC)cc3O)o2)cc1. The maximum atomic E-state index is 10.4. The number of rotatable bonds is 21. The molecule has 1 aromatic heterocycles. The molecule has 0 radical (unpaired) electrons. The molecule has 0 saturated heterocycles. The molecule has 40 heavy (non-hydrogen) atoms. The first-order chi connectivity index (χ1) is 19.7. The Morgan fingerprint density at radius 3 is 1.85 bits per heavy atom. The van der Waals surface area contributed by atoms with Crippen LogP contribution < -0.4 is 9.47 Å². The van der Waals surface area contributed by atoms with Crippen molar-refractivity contribution in [2.75, 3.05) is 13.2 Å². The van der Waals surface area contributed by atoms with E-state index in [9.17, 15) is 5.11 Å². The van der Waals surface area contributed by atoms with Gasteiger partial charge in [0.15, 0.2) is 0 Å². The van der Waals surface area contributed by atoms with Crippen LogP contribution in [0.25, 0.3) is 11.5 Å². The zero-order valence-electron chi connectivity index (χ0n) is 24.4. The van der Waals surface area contributed by atoms with E-state index in [-0.39, 0.29) is 11.8 Å². The lowest BCUT2D eigenvalue weighted by Gasteiger charge is -2.07. The standard InChI is InChI=1S/C33H47N3O4/c1-3-5-7-9-11-12-14-15-23-38-29-20-17-27(18-21-29)32-35-36-33(40-32)34-26-28-19-22-30(25-31(28)37)39-24-16-13-10-8-6-4-2/h17-22,25-26,37H,3-16,23-24H2,1-2H3/b34-26+. The molecule has 0 fully saturated rings. The van der Waals surface area contributed by atoms with Gasteiger partial charge in [0, 0.05) is 23.4 Å². The van der Waals surface area contributed by atoms with Gasteiger partial charge in [-0.25, -0.2) is 4.99 Å². The Bertz CT molecular complexity index is 1110. The minimum absolute atomic E-state index is 0.0893. The summed E-state index contributed by atoms with van der Waals surface area (Å²) in [6.45, 7) is 5.85. The first-order valence-corrected chi connectivity index (χ1v) is 15.3. The van der Waals surface area contributed by atoms with Crippen LogP contribution in [0.2, 0.25) is 0 Å². The van der Waals surface area contributed by atoms with Crippen LogP contribution in [0.15, 0.2) is 51.9 Å². The normalized spacial score (nSPS) is 11.3. The molecule has 0 atom stereocenters. The van der Waals surface area contributed by atoms with Gasteiger partial charge in [0.05, 0.1) is 13.2 Å². The molecule has 3 aromatic rings. The number of phenolic OH excluding ortho intramolecular Hbond substituents is 1. The summed E-state index contributed by atoms with van der Waals surface area (Å²) in [5.41, 5.74) is 1.34. The van der Waals surface area contributed by atoms with Gasteiger partial charge in [0.25, 0.3) is 0 Å². The van der Waals surface area contributed by atoms with E-state index in [1.807, 2.05) is 30.3 Å². The summed E-state index contributed by atoms with van der Waals surface area (Å²) in [5.74, 6) is 1.95. The number of hydrogen-bond donors (Lipinski definition) is 1. The second kappa shape index (κ2) is 18.9. The van der Waals surface area contributed by atoms with Gasteiger partial charge in [-0.15, -0.1) is 5.10 Å². The summed E-state index contributed by atoms with van der Waals surface area (Å²) in [6.07, 6.45) is 19.0. The van der Waals surface area contributed by atoms with Crippen molar-refractivity contribution in [1.82, 2.24) is 10.2 Å². The predicted molar refractivity (Wildman–Crippen MR) is 162 cm³/mol. The molecular formula is C33H47N3O4. The third-order valence-electron chi connectivity index (χ3n) is 6.86. The number of nitrogens with zero attached hydrogens (tertiary/aromatic N) is 3. The molecule has 7 nitrogen and oxygen atoms in total. The molecule has 1 N–H and O–H groups in total. The van der Waals surface area contributed by atoms with Gasteiger partial charge >= 0.3 is 6.01 Å². The van der Waals surface area contributed by atoms with Crippen LogP contribution in [0.4, 0.5) is 6.01 Å². The highest BCUT2D eigenvalue weighted by Gasteiger charge is 2.09. The molecule has 0 aliphatic carbocycles. The van der Waals surface area contributed by atoms with Gasteiger partial charge in [-0.2, -0.15) is 0 Å². The fourth-order valence-electron chi connectivity index (χ4n) is 4.42. The van der Waals surface area contributed by atoms with Gasteiger partial charge in [0.2, 0.25) is 5.89 Å². The van der Waals surface area contributed by atoms with E-state index in [4.69, 9.17) is 13.9 Å². The number of phenols is 1. The molecule has 2 aromatic carbocycles. The predicted octanol–water partition coefficient (Wildman–Crippen LogP) is 9.45. The zero-order chi connectivity index (χ0) is 28.3. The van der Waals surface area contributed by atoms with Gasteiger partial charge in [-0.1, -0.05) is 96.0 Å². The molecule has 0 aliphatic rings. The number of aliphatic imine (C=N–C) groups is 1. The van der Waals surface area contributed by atoms with Gasteiger partial charge in [-0.05, 0) is 49.2 Å². The molecule has 0 saturated carbocycles. The van der Waals surface area contributed by atoms with Crippen molar-refractivity contribution in [3.05, 3.63) is 48.0 Å². The van der Waals surface area contributed by atoms with Crippen LogP contribution in [0.5, 0.6) is 17.2 Å². The number of unbranched alkanes of at least 4 members (excludes halogenated alkanes) is 12. The molecule has 0 unspecified atom stereocenters. The summed E-state index contributed by atoms with van der Waals surface area (Å²) in [4.78, 5) is 4.24. The smallest absolute Gasteiger partial charge is 0.342 e. The second-order valence-electron chi connectivity index (χ2n) is 10.3. The van der Waals surface area contributed by atoms with Crippen LogP contribution >= 0.6 is 0 Å². The number of aromatic hydroxyl groups is 1. The van der Waals surface area contributed by atoms with E-state index in [0.29, 0.717) is 23.8 Å². The van der Waals surface area contributed by atoms with Crippen molar-refractivity contribution in [2.45, 2.75) is 104 Å². The molecule has 0 bridgehead atoms. The topological polar surface area (TPSA) is 90.0 Å². The molecule has 0 spiro atoms. The van der Waals surface area contributed by atoms with E-state index in [1.165, 1.54) is 83.3 Å². The van der Waals surface area contributed by atoms with Gasteiger partial charge in [-0.3, -0.25) is 0 Å². The lowest BCUT2D eigenvalue weighted by molar-refractivity contribution is 0.302. The molecule has 7 heteroatoms. The monoisotopic (exact) mass is 549 g/mol. The minimum atomic E-state index is 0.0893. The van der Waals surface area contributed by atoms with Crippen molar-refractivity contribution >= 4 is 12.2 Å². The van der Waals surface area contributed by atoms with Crippen molar-refractivity contribution in [3.63, 3.8) is 0 Å². The van der Waals surface area contributed by atoms with Gasteiger partial charge < -0.3 is 19.0 Å². The van der Waals surface area contributed by atoms with Crippen molar-refractivity contribution < 1.29 is 19.0 Å². The maximum absolute atomic E-state index is 10.4. The van der Waals surface area contributed by atoms with E-state index < -0.39 is 0 Å². The maximum Gasteiger partial charge on any atom is 0.342 e. The summed E-state index contributed by atoms with van der Waals surface area (Å²) >= 11 is 0. The summed E-state index contributed by atoms with van der Waals surface area (Å²) < 4.78 is 17.3. The Balaban J connectivity index is 1.39. The minimum Gasteiger partial charge on any atom is -0.507 e. The first kappa shape index (κ1) is 31.2. The molecule has 0 aliphatic heterocycles. The third kappa shape index (κ3) is 11.8. The lowest BCUT2D eigenvalue weighted by atomic mass is 10.1. The number of ether oxygens (including phenoxy) is 2. The Kier molecular flexibility index (Phi) is 14.7. The Morgan fingerprint density at radius 2 is 1.25 bits per heavy atom. The van der Waals surface area contributed by atoms with Crippen LogP contribution in [0, 0.1) is 0 Å². The molecule has 218 valence electrons. The zero-order valence-corrected chi connectivity index (χ0v) is 24.4. The van der Waals surface area contributed by atoms with Crippen LogP contribution in [-0.4, -0.2) is 34.7 Å². The highest BCUT2D eigenvalue weighted by Crippen LogP contribution is 2.26. The quantitative estimate of drug-likeness (QED) is 0.105. The van der Waals surface area contributed by atoms with Crippen molar-refractivity contribution in [3.8, 4) is 28.7 Å². The number of aromatic nitrogens is 2. The van der Waals surface area contributed by atoms with Crippen molar-refractivity contribution in [1.29, 1.82) is 0 Å². The van der Waals surface area contributed by atoms with E-state index in [1.54, 1.807) is 12.1 Å². The molecule has 3 rings (SSSR count). The summed E-state index contributed by atoms with van der Waals surface area (Å²) in [5, 5.41) is 18.5. The van der Waals surface area contributed by atoms with E-state index in [2.05, 4.69) is 29.0 Å². The fourth-order valence-corrected chi connectivity index (χ4v) is 4.42. The summed E-state index contributed by atoms with van der Waals surface area (Å²) in [7, 11) is 0. The molecular weight excluding hydrogens is 502 g/mol. The van der Waals surface area contributed by atoms with Crippen LogP contribution in [0.3, 0.4) is 0 Å². The number of benzene rings is 2. The number of hydrogen-bond acceptors (Lipinski definition) is 7. The Hall–Kier alpha value is -3.35. The average Bonchev–Trinajstić information content (AvgIpc) is 3.45. The van der Waals surface area contributed by atoms with Crippen LogP contribution in [0.1, 0.15) is 109 Å². The first-order valence-electron chi connectivity index (χ1n) is 15.3. The van der Waals surface area contributed by atoms with E-state index >= 15 is 0 Å². The Morgan fingerprint density at radius 1 is 0.700 bits per heavy atom. The lowest BCUT2D eigenvalue weighted by Crippen LogP contribution is -1.97. The van der Waals surface area contributed by atoms with Crippen LogP contribution in [-0.2, 0) is 0 Å².